The molecule has 0 aromatic heterocycles. The molecule has 1 rings (SSSR count). The summed E-state index contributed by atoms with van der Waals surface area (Å²) < 4.78 is 0. The summed E-state index contributed by atoms with van der Waals surface area (Å²) in [4.78, 5) is 10.2. The zero-order valence-electron chi connectivity index (χ0n) is 6.95. The van der Waals surface area contributed by atoms with Gasteiger partial charge in [-0.15, -0.1) is 0 Å². The van der Waals surface area contributed by atoms with Crippen LogP contribution in [0.5, 0.6) is 0 Å². The van der Waals surface area contributed by atoms with Crippen LogP contribution in [0.25, 0.3) is 0 Å². The maximum absolute atomic E-state index is 10.2. The summed E-state index contributed by atoms with van der Waals surface area (Å²) in [6.07, 6.45) is 1.33. The summed E-state index contributed by atoms with van der Waals surface area (Å²) in [7, 11) is 0. The summed E-state index contributed by atoms with van der Waals surface area (Å²) >= 11 is 0. The molecule has 1 fully saturated rings. The molecule has 0 aromatic rings. The molecule has 1 aliphatic rings. The van der Waals surface area contributed by atoms with E-state index in [0.717, 1.165) is 11.5 Å². The van der Waals surface area contributed by atoms with Crippen molar-refractivity contribution < 1.29 is 46.1 Å². The topological polar surface area (TPSA) is 60.8 Å². The fraction of sp³-hybridized carbons (Fsp3) is 0.800. The molecular formula is C5H10NNaO3. The van der Waals surface area contributed by atoms with Crippen LogP contribution in [0.4, 0.5) is 0 Å². The Balaban J connectivity index is 0. The average Bonchev–Trinajstić information content (AvgIpc) is 2.13. The first-order valence-electron chi connectivity index (χ1n) is 2.90. The van der Waals surface area contributed by atoms with Crippen LogP contribution in [0.1, 0.15) is 14.3 Å². The molecular weight excluding hydrogens is 145 g/mol. The number of carboxylic acid groups (broad SMARTS) is 1. The first kappa shape index (κ1) is 10.4. The van der Waals surface area contributed by atoms with Crippen molar-refractivity contribution >= 4 is 5.97 Å². The molecule has 0 amide bonds. The summed E-state index contributed by atoms with van der Waals surface area (Å²) in [5.41, 5.74) is 0. The van der Waals surface area contributed by atoms with Crippen LogP contribution >= 0.6 is 0 Å². The third-order valence-corrected chi connectivity index (χ3v) is 1.51. The Labute approximate surface area is 82.6 Å². The van der Waals surface area contributed by atoms with Gasteiger partial charge in [-0.1, -0.05) is 0 Å². The monoisotopic (exact) mass is 155 g/mol. The van der Waals surface area contributed by atoms with Gasteiger partial charge in [0.2, 0.25) is 0 Å². The largest absolute Gasteiger partial charge is 1.00 e. The van der Waals surface area contributed by atoms with Gasteiger partial charge in [0, 0.05) is 6.54 Å². The minimum absolute atomic E-state index is 0. The van der Waals surface area contributed by atoms with E-state index in [4.69, 9.17) is 10.3 Å². The van der Waals surface area contributed by atoms with E-state index in [2.05, 4.69) is 0 Å². The Bertz CT molecular complexity index is 135. The van der Waals surface area contributed by atoms with Crippen LogP contribution in [0.3, 0.4) is 0 Å². The maximum atomic E-state index is 10.2. The molecule has 1 atom stereocenters. The molecule has 1 aliphatic heterocycles. The Morgan fingerprint density at radius 1 is 1.70 bits per heavy atom. The first-order valence-corrected chi connectivity index (χ1v) is 2.90. The maximum Gasteiger partial charge on any atom is 1.00 e. The van der Waals surface area contributed by atoms with E-state index in [9.17, 15) is 4.79 Å². The Morgan fingerprint density at radius 2 is 2.30 bits per heavy atom. The molecule has 54 valence electrons. The van der Waals surface area contributed by atoms with Gasteiger partial charge in [-0.25, -0.2) is 0 Å². The van der Waals surface area contributed by atoms with Gasteiger partial charge in [-0.05, 0) is 12.8 Å². The van der Waals surface area contributed by atoms with E-state index >= 15 is 0 Å². The normalized spacial score (nSPS) is 25.9. The van der Waals surface area contributed by atoms with Gasteiger partial charge in [0.15, 0.2) is 0 Å². The predicted molar refractivity (Wildman–Crippen MR) is 30.3 cm³/mol. The number of hydrogen-bond donors (Lipinski definition) is 2. The zero-order valence-corrected chi connectivity index (χ0v) is 7.95. The molecule has 10 heavy (non-hydrogen) atoms. The van der Waals surface area contributed by atoms with Gasteiger partial charge >= 0.3 is 35.5 Å². The molecule has 2 N–H and O–H groups in total. The molecule has 1 heterocycles. The summed E-state index contributed by atoms with van der Waals surface area (Å²) in [6.45, 7) is 0.483. The Kier molecular flexibility index (Phi) is 4.47. The number of hydroxylamine groups is 2. The van der Waals surface area contributed by atoms with Crippen molar-refractivity contribution in [2.24, 2.45) is 0 Å². The molecule has 1 saturated heterocycles. The van der Waals surface area contributed by atoms with E-state index in [1.807, 2.05) is 0 Å². The molecule has 0 aliphatic carbocycles. The van der Waals surface area contributed by atoms with E-state index in [0.29, 0.717) is 13.0 Å². The van der Waals surface area contributed by atoms with Crippen LogP contribution in [0.15, 0.2) is 0 Å². The molecule has 0 spiro atoms. The van der Waals surface area contributed by atoms with Crippen LogP contribution in [-0.4, -0.2) is 33.9 Å². The van der Waals surface area contributed by atoms with Crippen LogP contribution in [-0.2, 0) is 4.79 Å². The van der Waals surface area contributed by atoms with Crippen molar-refractivity contribution in [3.63, 3.8) is 0 Å². The SMILES string of the molecule is O=C(O)C1CCCN1O.[H-].[Na+]. The number of carbonyl (C=O) groups is 1. The fourth-order valence-corrected chi connectivity index (χ4v) is 1.00. The minimum atomic E-state index is -0.935. The third kappa shape index (κ3) is 2.21. The van der Waals surface area contributed by atoms with Crippen molar-refractivity contribution in [1.29, 1.82) is 0 Å². The van der Waals surface area contributed by atoms with Crippen LogP contribution in [0, 0.1) is 0 Å². The molecule has 0 saturated carbocycles. The second-order valence-electron chi connectivity index (χ2n) is 2.16. The van der Waals surface area contributed by atoms with E-state index in [1.165, 1.54) is 0 Å². The van der Waals surface area contributed by atoms with Crippen molar-refractivity contribution in [1.82, 2.24) is 5.06 Å². The van der Waals surface area contributed by atoms with Gasteiger partial charge in [0.25, 0.3) is 0 Å². The summed E-state index contributed by atoms with van der Waals surface area (Å²) in [5, 5.41) is 18.1. The molecule has 5 heteroatoms. The van der Waals surface area contributed by atoms with E-state index in [1.54, 1.807) is 0 Å². The average molecular weight is 155 g/mol. The standard InChI is InChI=1S/C5H9NO3.Na.H/c7-5(8)4-2-1-3-6(4)9;;/h4,9H,1-3H2,(H,7,8);;/q;+1;-1. The summed E-state index contributed by atoms with van der Waals surface area (Å²) in [5.74, 6) is -0.935. The second-order valence-corrected chi connectivity index (χ2v) is 2.16. The van der Waals surface area contributed by atoms with Gasteiger partial charge in [0.1, 0.15) is 6.04 Å². The first-order chi connectivity index (χ1) is 4.22. The van der Waals surface area contributed by atoms with Crippen LogP contribution in [0.2, 0.25) is 0 Å². The smallest absolute Gasteiger partial charge is 1.00 e. The number of carboxylic acids is 1. The number of hydrogen-bond acceptors (Lipinski definition) is 3. The van der Waals surface area contributed by atoms with Gasteiger partial charge < -0.3 is 11.7 Å². The predicted octanol–water partition coefficient (Wildman–Crippen LogP) is -2.96. The molecule has 4 nitrogen and oxygen atoms in total. The minimum Gasteiger partial charge on any atom is -1.00 e. The molecule has 0 radical (unpaired) electrons. The molecule has 1 unspecified atom stereocenters. The summed E-state index contributed by atoms with van der Waals surface area (Å²) in [6, 6.07) is -0.662. The molecule has 0 aromatic carbocycles. The molecule has 0 bridgehead atoms. The fourth-order valence-electron chi connectivity index (χ4n) is 1.00. The van der Waals surface area contributed by atoms with Crippen molar-refractivity contribution in [2.45, 2.75) is 18.9 Å². The van der Waals surface area contributed by atoms with Crippen molar-refractivity contribution in [2.75, 3.05) is 6.54 Å². The number of rotatable bonds is 1. The number of aliphatic carboxylic acids is 1. The Hall–Kier alpha value is 0.390. The number of nitrogens with zero attached hydrogens (tertiary/aromatic N) is 1. The van der Waals surface area contributed by atoms with E-state index in [-0.39, 0.29) is 31.0 Å². The zero-order chi connectivity index (χ0) is 6.85. The third-order valence-electron chi connectivity index (χ3n) is 1.51. The second kappa shape index (κ2) is 4.31. The van der Waals surface area contributed by atoms with Crippen molar-refractivity contribution in [3.8, 4) is 0 Å². The van der Waals surface area contributed by atoms with Crippen LogP contribution < -0.4 is 29.6 Å². The van der Waals surface area contributed by atoms with Gasteiger partial charge in [-0.3, -0.25) is 4.79 Å². The quantitative estimate of drug-likeness (QED) is 0.397. The Morgan fingerprint density at radius 3 is 2.50 bits per heavy atom. The van der Waals surface area contributed by atoms with Gasteiger partial charge in [0.05, 0.1) is 0 Å². The van der Waals surface area contributed by atoms with E-state index < -0.39 is 12.0 Å². The van der Waals surface area contributed by atoms with Gasteiger partial charge in [-0.2, -0.15) is 5.06 Å². The van der Waals surface area contributed by atoms with Crippen molar-refractivity contribution in [3.05, 3.63) is 0 Å².